The van der Waals surface area contributed by atoms with Gasteiger partial charge in [0.2, 0.25) is 0 Å². The van der Waals surface area contributed by atoms with Crippen molar-refractivity contribution >= 4 is 10.9 Å². The van der Waals surface area contributed by atoms with E-state index < -0.39 is 11.5 Å². The molecule has 9 heteroatoms. The molecule has 0 atom stereocenters. The van der Waals surface area contributed by atoms with Gasteiger partial charge in [-0.2, -0.15) is 4.68 Å². The number of nitrogens with zero attached hydrogens (tertiary/aromatic N) is 5. The van der Waals surface area contributed by atoms with Crippen LogP contribution < -0.4 is 11.2 Å². The largest absolute Gasteiger partial charge is 0.369 e. The number of aryl methyl sites for hydroxylation is 1. The van der Waals surface area contributed by atoms with Crippen molar-refractivity contribution in [2.24, 2.45) is 0 Å². The normalized spacial score (nSPS) is 11.5. The average molecular weight is 528 g/mol. The fourth-order valence-corrected chi connectivity index (χ4v) is 4.67. The highest BCUT2D eigenvalue weighted by Gasteiger charge is 2.22. The molecule has 200 valence electrons. The maximum atomic E-state index is 15.6. The molecule has 3 heterocycles. The number of pyridine rings is 2. The van der Waals surface area contributed by atoms with Crippen molar-refractivity contribution in [3.8, 4) is 11.5 Å². The summed E-state index contributed by atoms with van der Waals surface area (Å²) in [5.74, 6) is -0.727. The highest BCUT2D eigenvalue weighted by Crippen LogP contribution is 2.26. The van der Waals surface area contributed by atoms with E-state index in [2.05, 4.69) is 10.1 Å². The molecule has 0 fully saturated rings. The Bertz CT molecular complexity index is 1770. The number of ether oxygens (including phenoxy) is 1. The minimum absolute atomic E-state index is 0.0268. The van der Waals surface area contributed by atoms with Crippen LogP contribution in [0, 0.1) is 12.7 Å². The minimum Gasteiger partial charge on any atom is -0.369 e. The molecule has 2 aromatic carbocycles. The van der Waals surface area contributed by atoms with Crippen LogP contribution in [-0.2, 0) is 24.5 Å². The molecule has 8 nitrogen and oxygen atoms in total. The highest BCUT2D eigenvalue weighted by molar-refractivity contribution is 5.82. The Morgan fingerprint density at radius 1 is 1.00 bits per heavy atom. The Morgan fingerprint density at radius 2 is 1.72 bits per heavy atom. The van der Waals surface area contributed by atoms with E-state index in [0.29, 0.717) is 30.2 Å². The number of fused-ring (bicyclic) bond motifs is 1. The molecule has 0 bridgehead atoms. The lowest BCUT2D eigenvalue weighted by atomic mass is 10.0. The maximum Gasteiger partial charge on any atom is 0.352 e. The van der Waals surface area contributed by atoms with E-state index in [1.807, 2.05) is 82.3 Å². The van der Waals surface area contributed by atoms with Gasteiger partial charge in [0.25, 0.3) is 5.56 Å². The number of rotatable bonds is 8. The molecular formula is C30H30FN5O3. The Morgan fingerprint density at radius 3 is 2.41 bits per heavy atom. The van der Waals surface area contributed by atoms with Crippen molar-refractivity contribution < 1.29 is 9.13 Å². The van der Waals surface area contributed by atoms with Crippen LogP contribution in [0.1, 0.15) is 49.2 Å². The standard InChI is InChI=1S/C30H30FN5O3/c1-5-34-26(18-39-17-21-12-7-6-8-13-21)33-36(30(34)38)28-24(31)15-22-27(32-28)23(19(2)3)16-35(29(22)37)25-14-10-9-11-20(25)4/h6-16,19H,5,17-18H2,1-4H3. The van der Waals surface area contributed by atoms with Gasteiger partial charge < -0.3 is 4.74 Å². The van der Waals surface area contributed by atoms with Crippen LogP contribution in [0.5, 0.6) is 0 Å². The zero-order chi connectivity index (χ0) is 27.7. The third-order valence-electron chi connectivity index (χ3n) is 6.74. The molecule has 0 amide bonds. The van der Waals surface area contributed by atoms with Gasteiger partial charge in [-0.05, 0) is 48.6 Å². The van der Waals surface area contributed by atoms with E-state index in [1.165, 1.54) is 9.13 Å². The van der Waals surface area contributed by atoms with Crippen molar-refractivity contribution in [1.82, 2.24) is 23.9 Å². The van der Waals surface area contributed by atoms with E-state index in [9.17, 15) is 9.59 Å². The van der Waals surface area contributed by atoms with Gasteiger partial charge in [0.15, 0.2) is 17.5 Å². The lowest BCUT2D eigenvalue weighted by molar-refractivity contribution is 0.0989. The molecule has 0 aliphatic heterocycles. The average Bonchev–Trinajstić information content (AvgIpc) is 3.24. The van der Waals surface area contributed by atoms with Crippen molar-refractivity contribution in [2.45, 2.75) is 53.4 Å². The summed E-state index contributed by atoms with van der Waals surface area (Å²) >= 11 is 0. The summed E-state index contributed by atoms with van der Waals surface area (Å²) in [6, 6.07) is 18.3. The first kappa shape index (κ1) is 26.2. The van der Waals surface area contributed by atoms with Crippen LogP contribution in [0.4, 0.5) is 4.39 Å². The molecule has 0 N–H and O–H groups in total. The van der Waals surface area contributed by atoms with Crippen LogP contribution in [-0.4, -0.2) is 23.9 Å². The second-order valence-corrected chi connectivity index (χ2v) is 9.72. The zero-order valence-corrected chi connectivity index (χ0v) is 22.4. The van der Waals surface area contributed by atoms with Gasteiger partial charge in [0, 0.05) is 12.7 Å². The molecule has 0 aliphatic rings. The SMILES string of the molecule is CCn1c(COCc2ccccc2)nn(-c2nc3c(C(C)C)cn(-c4ccccc4C)c(=O)c3cc2F)c1=O. The molecule has 0 saturated carbocycles. The van der Waals surface area contributed by atoms with Gasteiger partial charge in [0.05, 0.1) is 23.2 Å². The summed E-state index contributed by atoms with van der Waals surface area (Å²) in [6.07, 6.45) is 1.75. The number of hydrogen-bond donors (Lipinski definition) is 0. The Balaban J connectivity index is 1.60. The van der Waals surface area contributed by atoms with Gasteiger partial charge in [-0.3, -0.25) is 13.9 Å². The molecule has 39 heavy (non-hydrogen) atoms. The zero-order valence-electron chi connectivity index (χ0n) is 22.4. The predicted molar refractivity (Wildman–Crippen MR) is 148 cm³/mol. The summed E-state index contributed by atoms with van der Waals surface area (Å²) in [5, 5.41) is 4.52. The van der Waals surface area contributed by atoms with Gasteiger partial charge in [0.1, 0.15) is 6.61 Å². The first-order chi connectivity index (χ1) is 18.8. The summed E-state index contributed by atoms with van der Waals surface area (Å²) in [6.45, 7) is 8.43. The number of halogens is 1. The van der Waals surface area contributed by atoms with Crippen molar-refractivity contribution in [2.75, 3.05) is 0 Å². The first-order valence-corrected chi connectivity index (χ1v) is 12.9. The monoisotopic (exact) mass is 527 g/mol. The number of benzene rings is 2. The van der Waals surface area contributed by atoms with Crippen LogP contribution in [0.2, 0.25) is 0 Å². The smallest absolute Gasteiger partial charge is 0.352 e. The lowest BCUT2D eigenvalue weighted by Crippen LogP contribution is -2.26. The topological polar surface area (TPSA) is 83.9 Å². The second-order valence-electron chi connectivity index (χ2n) is 9.72. The van der Waals surface area contributed by atoms with Gasteiger partial charge in [-0.1, -0.05) is 62.4 Å². The van der Waals surface area contributed by atoms with Crippen LogP contribution >= 0.6 is 0 Å². The summed E-state index contributed by atoms with van der Waals surface area (Å²) in [4.78, 5) is 31.3. The van der Waals surface area contributed by atoms with Crippen molar-refractivity contribution in [3.05, 3.63) is 116 Å². The van der Waals surface area contributed by atoms with Crippen molar-refractivity contribution in [1.29, 1.82) is 0 Å². The second kappa shape index (κ2) is 10.8. The van der Waals surface area contributed by atoms with Crippen LogP contribution in [0.25, 0.3) is 22.4 Å². The number of aromatic nitrogens is 5. The summed E-state index contributed by atoms with van der Waals surface area (Å²) in [7, 11) is 0. The molecule has 0 saturated heterocycles. The van der Waals surface area contributed by atoms with Gasteiger partial charge in [-0.25, -0.2) is 14.2 Å². The Kier molecular flexibility index (Phi) is 7.26. The fourth-order valence-electron chi connectivity index (χ4n) is 4.67. The quantitative estimate of drug-likeness (QED) is 0.282. The molecule has 5 aromatic rings. The van der Waals surface area contributed by atoms with Crippen LogP contribution in [0.3, 0.4) is 0 Å². The van der Waals surface area contributed by atoms with Gasteiger partial charge >= 0.3 is 5.69 Å². The maximum absolute atomic E-state index is 15.6. The molecule has 0 radical (unpaired) electrons. The minimum atomic E-state index is -0.809. The fraction of sp³-hybridized carbons (Fsp3) is 0.267. The van der Waals surface area contributed by atoms with E-state index in [0.717, 1.165) is 27.4 Å². The third kappa shape index (κ3) is 4.93. The third-order valence-corrected chi connectivity index (χ3v) is 6.74. The first-order valence-electron chi connectivity index (χ1n) is 12.9. The predicted octanol–water partition coefficient (Wildman–Crippen LogP) is 5.04. The number of para-hydroxylation sites is 1. The van der Waals surface area contributed by atoms with E-state index >= 15 is 4.39 Å². The summed E-state index contributed by atoms with van der Waals surface area (Å²) < 4.78 is 25.3. The van der Waals surface area contributed by atoms with Crippen molar-refractivity contribution in [3.63, 3.8) is 0 Å². The lowest BCUT2D eigenvalue weighted by Gasteiger charge is -2.16. The highest BCUT2D eigenvalue weighted by atomic mass is 19.1. The summed E-state index contributed by atoms with van der Waals surface area (Å²) in [5.41, 5.74) is 2.80. The Labute approximate surface area is 224 Å². The molecule has 0 aliphatic carbocycles. The molecule has 3 aromatic heterocycles. The molecule has 0 unspecified atom stereocenters. The molecule has 0 spiro atoms. The Hall–Kier alpha value is -4.37. The van der Waals surface area contributed by atoms with Gasteiger partial charge in [-0.15, -0.1) is 5.10 Å². The van der Waals surface area contributed by atoms with E-state index in [1.54, 1.807) is 6.20 Å². The molecule has 5 rings (SSSR count). The van der Waals surface area contributed by atoms with E-state index in [4.69, 9.17) is 4.74 Å². The number of hydrogen-bond acceptors (Lipinski definition) is 5. The molecular weight excluding hydrogens is 497 g/mol. The van der Waals surface area contributed by atoms with E-state index in [-0.39, 0.29) is 29.3 Å². The van der Waals surface area contributed by atoms with Crippen LogP contribution in [0.15, 0.2) is 76.4 Å².